The highest BCUT2D eigenvalue weighted by Crippen LogP contribution is 2.32. The van der Waals surface area contributed by atoms with Gasteiger partial charge in [0.2, 0.25) is 4.77 Å². The molecule has 0 atom stereocenters. The highest BCUT2D eigenvalue weighted by molar-refractivity contribution is 7.71. The van der Waals surface area contributed by atoms with Gasteiger partial charge in [-0.25, -0.2) is 5.10 Å². The van der Waals surface area contributed by atoms with Crippen LogP contribution >= 0.6 is 12.2 Å². The normalized spacial score (nSPS) is 10.9. The molecule has 3 rings (SSSR count). The molecular weight excluding hydrogens is 352 g/mol. The van der Waals surface area contributed by atoms with Crippen molar-refractivity contribution in [2.75, 3.05) is 21.3 Å². The van der Waals surface area contributed by atoms with Gasteiger partial charge in [0.15, 0.2) is 5.82 Å². The number of H-pyrrole nitrogens is 1. The summed E-state index contributed by atoms with van der Waals surface area (Å²) in [6.07, 6.45) is 1.62. The zero-order valence-electron chi connectivity index (χ0n) is 14.6. The van der Waals surface area contributed by atoms with E-state index in [9.17, 15) is 0 Å². The summed E-state index contributed by atoms with van der Waals surface area (Å²) in [6.45, 7) is 0. The van der Waals surface area contributed by atoms with Crippen LogP contribution in [0.15, 0.2) is 47.6 Å². The predicted molar refractivity (Wildman–Crippen MR) is 102 cm³/mol. The molecule has 1 heterocycles. The van der Waals surface area contributed by atoms with Crippen LogP contribution in [0.25, 0.3) is 11.4 Å². The Morgan fingerprint density at radius 3 is 2.27 bits per heavy atom. The first-order chi connectivity index (χ1) is 12.7. The second-order valence-electron chi connectivity index (χ2n) is 5.22. The molecule has 0 unspecified atom stereocenters. The number of ether oxygens (including phenoxy) is 3. The smallest absolute Gasteiger partial charge is 0.216 e. The second kappa shape index (κ2) is 7.83. The fourth-order valence-corrected chi connectivity index (χ4v) is 2.63. The summed E-state index contributed by atoms with van der Waals surface area (Å²) in [5.74, 6) is 2.38. The van der Waals surface area contributed by atoms with Crippen molar-refractivity contribution in [3.05, 3.63) is 52.8 Å². The number of aromatic amines is 1. The van der Waals surface area contributed by atoms with Gasteiger partial charge in [-0.3, -0.25) is 0 Å². The molecule has 134 valence electrons. The van der Waals surface area contributed by atoms with Crippen LogP contribution in [0.4, 0.5) is 0 Å². The Bertz CT molecular complexity index is 955. The van der Waals surface area contributed by atoms with E-state index in [4.69, 9.17) is 26.4 Å². The summed E-state index contributed by atoms with van der Waals surface area (Å²) in [6, 6.07) is 13.2. The molecule has 0 amide bonds. The van der Waals surface area contributed by atoms with Crippen LogP contribution in [-0.2, 0) is 0 Å². The molecule has 0 aliphatic heterocycles. The van der Waals surface area contributed by atoms with Crippen molar-refractivity contribution in [1.82, 2.24) is 14.9 Å². The molecule has 0 saturated carbocycles. The first kappa shape index (κ1) is 17.7. The monoisotopic (exact) mass is 370 g/mol. The van der Waals surface area contributed by atoms with E-state index in [0.717, 1.165) is 5.56 Å². The number of nitrogens with zero attached hydrogens (tertiary/aromatic N) is 3. The molecule has 0 bridgehead atoms. The maximum atomic E-state index is 5.44. The van der Waals surface area contributed by atoms with Gasteiger partial charge in [-0.2, -0.15) is 14.9 Å². The zero-order valence-corrected chi connectivity index (χ0v) is 15.4. The van der Waals surface area contributed by atoms with Crippen molar-refractivity contribution >= 4 is 18.4 Å². The molecule has 7 nitrogen and oxygen atoms in total. The molecule has 2 aromatic carbocycles. The highest BCUT2D eigenvalue weighted by atomic mass is 32.1. The molecule has 0 aliphatic rings. The fourth-order valence-electron chi connectivity index (χ4n) is 2.45. The largest absolute Gasteiger partial charge is 0.496 e. The highest BCUT2D eigenvalue weighted by Gasteiger charge is 2.13. The topological polar surface area (TPSA) is 73.7 Å². The first-order valence-corrected chi connectivity index (χ1v) is 8.16. The van der Waals surface area contributed by atoms with Gasteiger partial charge in [0.25, 0.3) is 0 Å². The molecule has 0 spiro atoms. The summed E-state index contributed by atoms with van der Waals surface area (Å²) < 4.78 is 18.1. The standard InChI is InChI=1S/C18H18N4O3S/c1-23-13-9-15(24-2)14(16(10-13)25-3)11-19-22-17(20-21-18(22)26)12-7-5-4-6-8-12/h4-11H,1-3H3,(H,21,26)/b19-11-. The van der Waals surface area contributed by atoms with Crippen LogP contribution in [0.5, 0.6) is 17.2 Å². The Balaban J connectivity index is 2.07. The number of methoxy groups -OCH3 is 3. The molecule has 1 N–H and O–H groups in total. The minimum Gasteiger partial charge on any atom is -0.496 e. The van der Waals surface area contributed by atoms with E-state index in [-0.39, 0.29) is 0 Å². The van der Waals surface area contributed by atoms with Gasteiger partial charge in [-0.05, 0) is 12.2 Å². The van der Waals surface area contributed by atoms with E-state index in [1.54, 1.807) is 44.4 Å². The van der Waals surface area contributed by atoms with Crippen LogP contribution in [0.1, 0.15) is 5.56 Å². The Kier molecular flexibility index (Phi) is 5.33. The van der Waals surface area contributed by atoms with Gasteiger partial charge in [-0.1, -0.05) is 30.3 Å². The third kappa shape index (κ3) is 3.45. The van der Waals surface area contributed by atoms with Gasteiger partial charge >= 0.3 is 0 Å². The molecule has 26 heavy (non-hydrogen) atoms. The lowest BCUT2D eigenvalue weighted by Gasteiger charge is -2.12. The Morgan fingerprint density at radius 1 is 1.04 bits per heavy atom. The quantitative estimate of drug-likeness (QED) is 0.531. The van der Waals surface area contributed by atoms with Crippen LogP contribution in [-0.4, -0.2) is 42.4 Å². The maximum absolute atomic E-state index is 5.44. The van der Waals surface area contributed by atoms with Crippen molar-refractivity contribution < 1.29 is 14.2 Å². The minimum atomic E-state index is 0.381. The summed E-state index contributed by atoms with van der Waals surface area (Å²) in [5, 5.41) is 11.5. The number of aromatic nitrogens is 3. The molecule has 1 aromatic heterocycles. The summed E-state index contributed by atoms with van der Waals surface area (Å²) in [5.41, 5.74) is 1.56. The lowest BCUT2D eigenvalue weighted by atomic mass is 10.2. The molecule has 0 aliphatic carbocycles. The van der Waals surface area contributed by atoms with Crippen molar-refractivity contribution in [3.8, 4) is 28.6 Å². The summed E-state index contributed by atoms with van der Waals surface area (Å²) >= 11 is 5.30. The fraction of sp³-hybridized carbons (Fsp3) is 0.167. The zero-order chi connectivity index (χ0) is 18.5. The molecule has 0 radical (unpaired) electrons. The van der Waals surface area contributed by atoms with Crippen LogP contribution in [0.2, 0.25) is 0 Å². The van der Waals surface area contributed by atoms with Gasteiger partial charge in [0, 0.05) is 17.7 Å². The number of hydrogen-bond donors (Lipinski definition) is 1. The third-order valence-corrected chi connectivity index (χ3v) is 4.00. The number of nitrogens with one attached hydrogen (secondary N) is 1. The van der Waals surface area contributed by atoms with Gasteiger partial charge in [0.05, 0.1) is 33.1 Å². The number of hydrogen-bond acceptors (Lipinski definition) is 6. The second-order valence-corrected chi connectivity index (χ2v) is 5.61. The van der Waals surface area contributed by atoms with Crippen molar-refractivity contribution in [2.45, 2.75) is 0 Å². The third-order valence-electron chi connectivity index (χ3n) is 3.74. The lowest BCUT2D eigenvalue weighted by Crippen LogP contribution is -2.00. The first-order valence-electron chi connectivity index (χ1n) is 7.75. The van der Waals surface area contributed by atoms with E-state index in [1.807, 2.05) is 30.3 Å². The molecule has 3 aromatic rings. The molecule has 0 fully saturated rings. The maximum Gasteiger partial charge on any atom is 0.216 e. The molecular formula is C18H18N4O3S. The van der Waals surface area contributed by atoms with Crippen molar-refractivity contribution in [2.24, 2.45) is 5.10 Å². The van der Waals surface area contributed by atoms with Crippen LogP contribution in [0, 0.1) is 4.77 Å². The van der Waals surface area contributed by atoms with Crippen molar-refractivity contribution in [1.29, 1.82) is 0 Å². The average molecular weight is 370 g/mol. The van der Waals surface area contributed by atoms with Crippen LogP contribution in [0.3, 0.4) is 0 Å². The number of benzene rings is 2. The van der Waals surface area contributed by atoms with Gasteiger partial charge < -0.3 is 14.2 Å². The van der Waals surface area contributed by atoms with E-state index in [2.05, 4.69) is 15.3 Å². The Hall–Kier alpha value is -3.13. The molecule has 8 heteroatoms. The Morgan fingerprint density at radius 2 is 1.69 bits per heavy atom. The SMILES string of the molecule is COc1cc(OC)c(/C=N\n2c(-c3ccccc3)n[nH]c2=S)c(OC)c1. The van der Waals surface area contributed by atoms with E-state index in [0.29, 0.717) is 33.4 Å². The predicted octanol–water partition coefficient (Wildman–Crippen LogP) is 3.52. The van der Waals surface area contributed by atoms with Gasteiger partial charge in [-0.15, -0.1) is 0 Å². The van der Waals surface area contributed by atoms with Gasteiger partial charge in [0.1, 0.15) is 17.2 Å². The summed E-state index contributed by atoms with van der Waals surface area (Å²) in [4.78, 5) is 0. The van der Waals surface area contributed by atoms with Crippen LogP contribution < -0.4 is 14.2 Å². The number of rotatable bonds is 6. The minimum absolute atomic E-state index is 0.381. The summed E-state index contributed by atoms with van der Waals surface area (Å²) in [7, 11) is 4.73. The average Bonchev–Trinajstić information content (AvgIpc) is 3.06. The van der Waals surface area contributed by atoms with Crippen molar-refractivity contribution in [3.63, 3.8) is 0 Å². The van der Waals surface area contributed by atoms with E-state index in [1.165, 1.54) is 0 Å². The van der Waals surface area contributed by atoms with E-state index < -0.39 is 0 Å². The Labute approximate surface area is 155 Å². The molecule has 0 saturated heterocycles. The van der Waals surface area contributed by atoms with E-state index >= 15 is 0 Å². The lowest BCUT2D eigenvalue weighted by molar-refractivity contribution is 0.374.